The summed E-state index contributed by atoms with van der Waals surface area (Å²) in [5.41, 5.74) is 1.67. The van der Waals surface area contributed by atoms with Crippen LogP contribution in [-0.4, -0.2) is 43.3 Å². The first-order valence-electron chi connectivity index (χ1n) is 12.3. The van der Waals surface area contributed by atoms with Crippen molar-refractivity contribution in [2.45, 2.75) is 57.6 Å². The van der Waals surface area contributed by atoms with Gasteiger partial charge in [-0.05, 0) is 76.6 Å². The lowest BCUT2D eigenvalue weighted by Crippen LogP contribution is -2.54. The predicted octanol–water partition coefficient (Wildman–Crippen LogP) is 5.18. The maximum Gasteiger partial charge on any atom is 0.264 e. The standard InChI is InChI=1S/C29H34ClN3O4S/c1-21-10-9-11-23(18-21)19-32(22(2)28(35)31-29(3,4)5)27(34)20-33(25-12-7-6-8-13-25)38(36,37)26-16-14-24(30)15-17-26/h6-18,22H,19-20H2,1-5H3,(H,31,35)/t22-/m1/s1. The predicted molar refractivity (Wildman–Crippen MR) is 152 cm³/mol. The lowest BCUT2D eigenvalue weighted by Gasteiger charge is -2.33. The first-order chi connectivity index (χ1) is 17.8. The van der Waals surface area contributed by atoms with E-state index in [1.807, 2.05) is 52.0 Å². The smallest absolute Gasteiger partial charge is 0.264 e. The van der Waals surface area contributed by atoms with Crippen LogP contribution in [-0.2, 0) is 26.2 Å². The largest absolute Gasteiger partial charge is 0.350 e. The number of benzene rings is 3. The van der Waals surface area contributed by atoms with E-state index < -0.39 is 34.1 Å². The molecule has 0 spiro atoms. The Balaban J connectivity index is 2.01. The first kappa shape index (κ1) is 29.2. The second-order valence-corrected chi connectivity index (χ2v) is 12.5. The zero-order chi connectivity index (χ0) is 28.1. The summed E-state index contributed by atoms with van der Waals surface area (Å²) in [5.74, 6) is -0.838. The highest BCUT2D eigenvalue weighted by Crippen LogP contribution is 2.25. The van der Waals surface area contributed by atoms with Crippen molar-refractivity contribution in [3.63, 3.8) is 0 Å². The van der Waals surface area contributed by atoms with Crippen LogP contribution >= 0.6 is 11.6 Å². The number of aryl methyl sites for hydroxylation is 1. The molecule has 3 rings (SSSR count). The molecule has 38 heavy (non-hydrogen) atoms. The van der Waals surface area contributed by atoms with Crippen molar-refractivity contribution < 1.29 is 18.0 Å². The number of anilines is 1. The van der Waals surface area contributed by atoms with Crippen LogP contribution in [0, 0.1) is 6.92 Å². The Morgan fingerprint density at radius 2 is 1.58 bits per heavy atom. The summed E-state index contributed by atoms with van der Waals surface area (Å²) in [6.07, 6.45) is 0. The van der Waals surface area contributed by atoms with Crippen LogP contribution in [0.2, 0.25) is 5.02 Å². The van der Waals surface area contributed by atoms with Crippen molar-refractivity contribution in [1.29, 1.82) is 0 Å². The topological polar surface area (TPSA) is 86.8 Å². The molecule has 0 radical (unpaired) electrons. The maximum absolute atomic E-state index is 13.9. The quantitative estimate of drug-likeness (QED) is 0.394. The molecule has 2 amide bonds. The minimum atomic E-state index is -4.13. The van der Waals surface area contributed by atoms with Gasteiger partial charge >= 0.3 is 0 Å². The normalized spacial score (nSPS) is 12.5. The lowest BCUT2D eigenvalue weighted by atomic mass is 10.1. The minimum Gasteiger partial charge on any atom is -0.350 e. The Morgan fingerprint density at radius 1 is 0.947 bits per heavy atom. The van der Waals surface area contributed by atoms with Crippen LogP contribution < -0.4 is 9.62 Å². The van der Waals surface area contributed by atoms with E-state index >= 15 is 0 Å². The fourth-order valence-electron chi connectivity index (χ4n) is 3.92. The van der Waals surface area contributed by atoms with Crippen molar-refractivity contribution >= 4 is 39.1 Å². The Morgan fingerprint density at radius 3 is 2.16 bits per heavy atom. The van der Waals surface area contributed by atoms with Gasteiger partial charge in [-0.2, -0.15) is 0 Å². The number of nitrogens with zero attached hydrogens (tertiary/aromatic N) is 2. The minimum absolute atomic E-state index is 0.00214. The molecule has 9 heteroatoms. The zero-order valence-corrected chi connectivity index (χ0v) is 23.9. The number of nitrogens with one attached hydrogen (secondary N) is 1. The van der Waals surface area contributed by atoms with Crippen LogP contribution in [0.1, 0.15) is 38.8 Å². The Bertz CT molecular complexity index is 1370. The van der Waals surface area contributed by atoms with Gasteiger partial charge in [-0.15, -0.1) is 0 Å². The number of carbonyl (C=O) groups is 2. The van der Waals surface area contributed by atoms with Crippen LogP contribution in [0.4, 0.5) is 5.69 Å². The van der Waals surface area contributed by atoms with Gasteiger partial charge in [0.05, 0.1) is 10.6 Å². The van der Waals surface area contributed by atoms with Gasteiger partial charge in [0.15, 0.2) is 0 Å². The molecule has 1 N–H and O–H groups in total. The Labute approximate surface area is 230 Å². The van der Waals surface area contributed by atoms with Crippen LogP contribution in [0.15, 0.2) is 83.8 Å². The average Bonchev–Trinajstić information content (AvgIpc) is 2.85. The van der Waals surface area contributed by atoms with Gasteiger partial charge in [-0.25, -0.2) is 8.42 Å². The molecular weight excluding hydrogens is 522 g/mol. The fourth-order valence-corrected chi connectivity index (χ4v) is 5.46. The lowest BCUT2D eigenvalue weighted by molar-refractivity contribution is -0.140. The Hall–Kier alpha value is -3.36. The van der Waals surface area contributed by atoms with E-state index in [0.29, 0.717) is 10.7 Å². The number of para-hydroxylation sites is 1. The van der Waals surface area contributed by atoms with E-state index in [4.69, 9.17) is 11.6 Å². The van der Waals surface area contributed by atoms with Gasteiger partial charge in [-0.1, -0.05) is 59.6 Å². The summed E-state index contributed by atoms with van der Waals surface area (Å²) in [4.78, 5) is 28.4. The fraction of sp³-hybridized carbons (Fsp3) is 0.310. The van der Waals surface area contributed by atoms with Crippen molar-refractivity contribution in [3.05, 3.63) is 95.0 Å². The third kappa shape index (κ3) is 7.58. The highest BCUT2D eigenvalue weighted by atomic mass is 35.5. The van der Waals surface area contributed by atoms with E-state index in [2.05, 4.69) is 5.32 Å². The highest BCUT2D eigenvalue weighted by Gasteiger charge is 2.33. The van der Waals surface area contributed by atoms with E-state index in [1.165, 1.54) is 29.2 Å². The monoisotopic (exact) mass is 555 g/mol. The van der Waals surface area contributed by atoms with E-state index in [0.717, 1.165) is 15.4 Å². The van der Waals surface area contributed by atoms with E-state index in [9.17, 15) is 18.0 Å². The van der Waals surface area contributed by atoms with Gasteiger partial charge in [0.25, 0.3) is 10.0 Å². The second-order valence-electron chi connectivity index (χ2n) is 10.2. The molecule has 0 aliphatic carbocycles. The summed E-state index contributed by atoms with van der Waals surface area (Å²) >= 11 is 5.98. The summed E-state index contributed by atoms with van der Waals surface area (Å²) in [5, 5.41) is 3.32. The molecule has 3 aromatic carbocycles. The summed E-state index contributed by atoms with van der Waals surface area (Å²) < 4.78 is 28.5. The first-order valence-corrected chi connectivity index (χ1v) is 14.1. The van der Waals surface area contributed by atoms with Crippen molar-refractivity contribution in [2.24, 2.45) is 0 Å². The van der Waals surface area contributed by atoms with Crippen molar-refractivity contribution in [2.75, 3.05) is 10.8 Å². The van der Waals surface area contributed by atoms with Crippen LogP contribution in [0.5, 0.6) is 0 Å². The van der Waals surface area contributed by atoms with E-state index in [1.54, 1.807) is 37.3 Å². The number of halogens is 1. The third-order valence-corrected chi connectivity index (χ3v) is 7.87. The molecule has 0 aromatic heterocycles. The summed E-state index contributed by atoms with van der Waals surface area (Å²) in [7, 11) is -4.13. The molecular formula is C29H34ClN3O4S. The molecule has 7 nitrogen and oxygen atoms in total. The van der Waals surface area contributed by atoms with Crippen molar-refractivity contribution in [3.8, 4) is 0 Å². The number of amides is 2. The van der Waals surface area contributed by atoms with Gasteiger partial charge < -0.3 is 10.2 Å². The molecule has 0 fully saturated rings. The number of sulfonamides is 1. The van der Waals surface area contributed by atoms with Crippen LogP contribution in [0.3, 0.4) is 0 Å². The molecule has 0 unspecified atom stereocenters. The zero-order valence-electron chi connectivity index (χ0n) is 22.3. The number of hydrogen-bond acceptors (Lipinski definition) is 4. The molecule has 3 aromatic rings. The third-order valence-electron chi connectivity index (χ3n) is 5.83. The molecule has 1 atom stereocenters. The average molecular weight is 556 g/mol. The SMILES string of the molecule is Cc1cccc(CN(C(=O)CN(c2ccccc2)S(=O)(=O)c2ccc(Cl)cc2)[C@H](C)C(=O)NC(C)(C)C)c1. The molecule has 0 aliphatic heterocycles. The summed E-state index contributed by atoms with van der Waals surface area (Å²) in [6.45, 7) is 8.83. The van der Waals surface area contributed by atoms with Crippen LogP contribution in [0.25, 0.3) is 0 Å². The van der Waals surface area contributed by atoms with Crippen molar-refractivity contribution in [1.82, 2.24) is 10.2 Å². The molecule has 0 bridgehead atoms. The van der Waals surface area contributed by atoms with Gasteiger partial charge in [0.2, 0.25) is 11.8 Å². The van der Waals surface area contributed by atoms with Gasteiger partial charge in [0, 0.05) is 17.1 Å². The molecule has 0 saturated carbocycles. The van der Waals surface area contributed by atoms with Gasteiger partial charge in [-0.3, -0.25) is 13.9 Å². The molecule has 0 aliphatic rings. The molecule has 0 heterocycles. The maximum atomic E-state index is 13.9. The second kappa shape index (κ2) is 12.0. The highest BCUT2D eigenvalue weighted by molar-refractivity contribution is 7.92. The number of carbonyl (C=O) groups excluding carboxylic acids is 2. The van der Waals surface area contributed by atoms with Gasteiger partial charge in [0.1, 0.15) is 12.6 Å². The summed E-state index contributed by atoms with van der Waals surface area (Å²) in [6, 6.07) is 21.0. The van der Waals surface area contributed by atoms with E-state index in [-0.39, 0.29) is 17.3 Å². The number of hydrogen-bond donors (Lipinski definition) is 1. The number of rotatable bonds is 9. The molecule has 0 saturated heterocycles. The molecule has 202 valence electrons. The Kier molecular flexibility index (Phi) is 9.22.